The average Bonchev–Trinajstić information content (AvgIpc) is 3.17. The second-order valence-corrected chi connectivity index (χ2v) is 6.32. The van der Waals surface area contributed by atoms with Gasteiger partial charge >= 0.3 is 5.63 Å². The summed E-state index contributed by atoms with van der Waals surface area (Å²) in [5, 5.41) is 11.6. The van der Waals surface area contributed by atoms with E-state index >= 15 is 0 Å². The first-order valence-electron chi connectivity index (χ1n) is 7.79. The van der Waals surface area contributed by atoms with Gasteiger partial charge in [0.1, 0.15) is 17.1 Å². The van der Waals surface area contributed by atoms with Gasteiger partial charge in [-0.1, -0.05) is 0 Å². The number of ether oxygens (including phenoxy) is 3. The summed E-state index contributed by atoms with van der Waals surface area (Å²) in [5.74, 6) is 0.598. The van der Waals surface area contributed by atoms with E-state index in [0.29, 0.717) is 47.5 Å². The van der Waals surface area contributed by atoms with Crippen LogP contribution in [0.1, 0.15) is 34.3 Å². The van der Waals surface area contributed by atoms with Crippen molar-refractivity contribution in [1.29, 1.82) is 0 Å². The highest BCUT2D eigenvalue weighted by Crippen LogP contribution is 2.53. The van der Waals surface area contributed by atoms with Gasteiger partial charge in [-0.15, -0.1) is 0 Å². The fourth-order valence-corrected chi connectivity index (χ4v) is 4.02. The third-order valence-electron chi connectivity index (χ3n) is 5.12. The minimum absolute atomic E-state index is 0.0888. The Kier molecular flexibility index (Phi) is 2.55. The van der Waals surface area contributed by atoms with Gasteiger partial charge in [0.25, 0.3) is 0 Å². The smallest absolute Gasteiger partial charge is 0.347 e. The van der Waals surface area contributed by atoms with Gasteiger partial charge in [-0.25, -0.2) is 4.79 Å². The lowest BCUT2D eigenvalue weighted by molar-refractivity contribution is -0.123. The molecule has 1 fully saturated rings. The fourth-order valence-electron chi connectivity index (χ4n) is 4.02. The molecule has 0 spiro atoms. The van der Waals surface area contributed by atoms with Crippen molar-refractivity contribution in [3.05, 3.63) is 33.2 Å². The van der Waals surface area contributed by atoms with E-state index in [1.807, 2.05) is 0 Å². The Bertz CT molecular complexity index is 973. The zero-order valence-electron chi connectivity index (χ0n) is 12.9. The molecule has 1 saturated heterocycles. The molecular formula is C17H14O7. The normalized spacial score (nSPS) is 27.1. The van der Waals surface area contributed by atoms with Crippen LogP contribution < -0.4 is 15.1 Å². The highest BCUT2D eigenvalue weighted by atomic mass is 16.7. The summed E-state index contributed by atoms with van der Waals surface area (Å²) in [6, 6.07) is 1.65. The van der Waals surface area contributed by atoms with Crippen LogP contribution >= 0.6 is 0 Å². The number of Topliss-reactive ketones (excluding diaryl/α,β-unsaturated/α-hetero) is 1. The number of fused-ring (bicyclic) bond motifs is 7. The molecule has 124 valence electrons. The Morgan fingerprint density at radius 1 is 1.33 bits per heavy atom. The van der Waals surface area contributed by atoms with Crippen molar-refractivity contribution in [3.63, 3.8) is 0 Å². The summed E-state index contributed by atoms with van der Waals surface area (Å²) in [4.78, 5) is 24.4. The molecule has 0 saturated carbocycles. The lowest BCUT2D eigenvalue weighted by Gasteiger charge is -2.20. The topological polar surface area (TPSA) is 95.2 Å². The van der Waals surface area contributed by atoms with Crippen molar-refractivity contribution >= 4 is 16.8 Å². The molecule has 2 aliphatic heterocycles. The number of methoxy groups -OCH3 is 1. The molecule has 5 rings (SSSR count). The Hall–Kier alpha value is -2.38. The molecule has 1 aromatic carbocycles. The van der Waals surface area contributed by atoms with E-state index in [1.165, 1.54) is 7.11 Å². The second-order valence-electron chi connectivity index (χ2n) is 6.32. The molecule has 1 aliphatic carbocycles. The van der Waals surface area contributed by atoms with E-state index in [0.717, 1.165) is 0 Å². The Morgan fingerprint density at radius 2 is 2.17 bits per heavy atom. The molecule has 24 heavy (non-hydrogen) atoms. The van der Waals surface area contributed by atoms with Gasteiger partial charge in [0.15, 0.2) is 17.0 Å². The minimum atomic E-state index is -1.37. The summed E-state index contributed by atoms with van der Waals surface area (Å²) in [5.41, 5.74) is -0.713. The van der Waals surface area contributed by atoms with Crippen LogP contribution in [0.5, 0.6) is 11.5 Å². The number of ketones is 1. The molecule has 3 aliphatic rings. The average molecular weight is 330 g/mol. The van der Waals surface area contributed by atoms with E-state index in [1.54, 1.807) is 6.07 Å². The molecule has 1 aromatic heterocycles. The molecule has 1 N–H and O–H groups in total. The van der Waals surface area contributed by atoms with E-state index in [-0.39, 0.29) is 23.4 Å². The van der Waals surface area contributed by atoms with Gasteiger partial charge in [0, 0.05) is 18.9 Å². The standard InChI is InChI=1S/C17H14O7/c1-21-9-6-10-13(17(20)4-5-22-16(17)23-10)14-12(9)7-2-3-8(18)11(7)15(19)24-14/h6,16,20H,2-5H2,1H3/t16-,17-/m1/s1. The molecule has 7 heteroatoms. The molecule has 2 aromatic rings. The number of rotatable bonds is 1. The Balaban J connectivity index is 1.95. The van der Waals surface area contributed by atoms with E-state index in [9.17, 15) is 14.7 Å². The zero-order chi connectivity index (χ0) is 16.6. The Labute approximate surface area is 135 Å². The molecule has 0 amide bonds. The molecular weight excluding hydrogens is 316 g/mol. The molecule has 0 unspecified atom stereocenters. The molecule has 0 bridgehead atoms. The maximum absolute atomic E-state index is 12.3. The van der Waals surface area contributed by atoms with Gasteiger partial charge in [0.2, 0.25) is 6.29 Å². The SMILES string of the molecule is COc1cc2c(c3oc(=O)c4c(c13)CCC4=O)[C@]1(O)CCO[C@@H]1O2. The van der Waals surface area contributed by atoms with Crippen LogP contribution in [0.25, 0.3) is 11.0 Å². The number of benzene rings is 1. The van der Waals surface area contributed by atoms with Crippen LogP contribution in [-0.2, 0) is 16.8 Å². The quantitative estimate of drug-likeness (QED) is 0.786. The van der Waals surface area contributed by atoms with Crippen molar-refractivity contribution in [2.45, 2.75) is 31.2 Å². The number of aryl methyl sites for hydroxylation is 1. The first-order chi connectivity index (χ1) is 11.5. The van der Waals surface area contributed by atoms with Crippen molar-refractivity contribution < 1.29 is 28.5 Å². The minimum Gasteiger partial charge on any atom is -0.496 e. The highest BCUT2D eigenvalue weighted by Gasteiger charge is 2.55. The number of hydrogen-bond acceptors (Lipinski definition) is 7. The Morgan fingerprint density at radius 3 is 2.96 bits per heavy atom. The molecule has 2 atom stereocenters. The van der Waals surface area contributed by atoms with Crippen molar-refractivity contribution in [2.24, 2.45) is 0 Å². The summed E-state index contributed by atoms with van der Waals surface area (Å²) in [7, 11) is 1.50. The maximum Gasteiger partial charge on any atom is 0.347 e. The fraction of sp³-hybridized carbons (Fsp3) is 0.412. The van der Waals surface area contributed by atoms with Gasteiger partial charge in [-0.05, 0) is 12.0 Å². The molecule has 0 radical (unpaired) electrons. The van der Waals surface area contributed by atoms with Gasteiger partial charge in [-0.2, -0.15) is 0 Å². The summed E-state index contributed by atoms with van der Waals surface area (Å²) < 4.78 is 22.0. The zero-order valence-corrected chi connectivity index (χ0v) is 12.9. The highest BCUT2D eigenvalue weighted by molar-refractivity contribution is 6.06. The van der Waals surface area contributed by atoms with Crippen molar-refractivity contribution in [1.82, 2.24) is 0 Å². The monoisotopic (exact) mass is 330 g/mol. The third kappa shape index (κ3) is 1.49. The molecule has 7 nitrogen and oxygen atoms in total. The number of aliphatic hydroxyl groups is 1. The van der Waals surface area contributed by atoms with Gasteiger partial charge < -0.3 is 23.7 Å². The summed E-state index contributed by atoms with van der Waals surface area (Å²) >= 11 is 0. The van der Waals surface area contributed by atoms with E-state index in [2.05, 4.69) is 0 Å². The van der Waals surface area contributed by atoms with E-state index < -0.39 is 17.5 Å². The second kappa shape index (κ2) is 4.37. The van der Waals surface area contributed by atoms with Crippen molar-refractivity contribution in [2.75, 3.05) is 13.7 Å². The number of carbonyl (C=O) groups is 1. The summed E-state index contributed by atoms with van der Waals surface area (Å²) in [6.45, 7) is 0.349. The van der Waals surface area contributed by atoms with Crippen molar-refractivity contribution in [3.8, 4) is 11.5 Å². The maximum atomic E-state index is 12.3. The van der Waals surface area contributed by atoms with Gasteiger partial charge in [-0.3, -0.25) is 4.79 Å². The van der Waals surface area contributed by atoms with Crippen LogP contribution in [0.15, 0.2) is 15.3 Å². The lowest BCUT2D eigenvalue weighted by Crippen LogP contribution is -2.33. The lowest BCUT2D eigenvalue weighted by atomic mass is 9.90. The number of hydrogen-bond donors (Lipinski definition) is 1. The van der Waals surface area contributed by atoms with Crippen LogP contribution in [0, 0.1) is 0 Å². The summed E-state index contributed by atoms with van der Waals surface area (Å²) in [6.07, 6.45) is 0.227. The van der Waals surface area contributed by atoms with Crippen LogP contribution in [0.4, 0.5) is 0 Å². The van der Waals surface area contributed by atoms with Crippen LogP contribution in [0.3, 0.4) is 0 Å². The number of carbonyl (C=O) groups excluding carboxylic acids is 1. The first-order valence-corrected chi connectivity index (χ1v) is 7.79. The first kappa shape index (κ1) is 14.0. The third-order valence-corrected chi connectivity index (χ3v) is 5.12. The van der Waals surface area contributed by atoms with Gasteiger partial charge in [0.05, 0.1) is 24.7 Å². The predicted octanol–water partition coefficient (Wildman–Crippen LogP) is 1.26. The van der Waals surface area contributed by atoms with Crippen LogP contribution in [0.2, 0.25) is 0 Å². The van der Waals surface area contributed by atoms with Crippen LogP contribution in [-0.4, -0.2) is 30.9 Å². The largest absolute Gasteiger partial charge is 0.496 e. The van der Waals surface area contributed by atoms with E-state index in [4.69, 9.17) is 18.6 Å². The molecule has 3 heterocycles. The predicted molar refractivity (Wildman–Crippen MR) is 80.6 cm³/mol.